The van der Waals surface area contributed by atoms with Gasteiger partial charge in [0.2, 0.25) is 5.88 Å². The monoisotopic (exact) mass is 505 g/mol. The van der Waals surface area contributed by atoms with Gasteiger partial charge < -0.3 is 19.9 Å². The summed E-state index contributed by atoms with van der Waals surface area (Å²) in [5.74, 6) is 6.93. The Morgan fingerprint density at radius 2 is 1.49 bits per heavy atom. The number of methoxy groups -OCH3 is 2. The van der Waals surface area contributed by atoms with E-state index in [9.17, 15) is 9.18 Å². The van der Waals surface area contributed by atoms with E-state index in [0.29, 0.717) is 24.3 Å². The molecule has 194 valence electrons. The van der Waals surface area contributed by atoms with Gasteiger partial charge >= 0.3 is 5.97 Å². The lowest BCUT2D eigenvalue weighted by Crippen LogP contribution is -2.36. The van der Waals surface area contributed by atoms with Crippen molar-refractivity contribution < 1.29 is 23.4 Å². The van der Waals surface area contributed by atoms with Crippen LogP contribution >= 0.6 is 0 Å². The van der Waals surface area contributed by atoms with Gasteiger partial charge in [-0.05, 0) is 72.2 Å². The number of ether oxygens (including phenoxy) is 3. The minimum atomic E-state index is -1.04. The molecule has 4 N–H and O–H groups in total. The van der Waals surface area contributed by atoms with Gasteiger partial charge in [0.1, 0.15) is 17.2 Å². The lowest BCUT2D eigenvalue weighted by Gasteiger charge is -2.39. The lowest BCUT2D eigenvalue weighted by atomic mass is 9.70. The van der Waals surface area contributed by atoms with Gasteiger partial charge in [-0.1, -0.05) is 48.5 Å². The number of hydrogen-bond acceptors (Lipinski definition) is 7. The van der Waals surface area contributed by atoms with Crippen LogP contribution in [-0.2, 0) is 16.1 Å². The zero-order valence-corrected chi connectivity index (χ0v) is 21.2. The molecule has 0 aliphatic heterocycles. The molecule has 1 saturated carbocycles. The Balaban J connectivity index is 1.48. The minimum Gasteiger partial charge on any atom is -0.497 e. The molecule has 0 radical (unpaired) electrons. The van der Waals surface area contributed by atoms with Crippen molar-refractivity contribution in [3.05, 3.63) is 95.5 Å². The second-order valence-corrected chi connectivity index (χ2v) is 9.45. The molecule has 0 atom stereocenters. The van der Waals surface area contributed by atoms with Crippen LogP contribution in [0.1, 0.15) is 36.8 Å². The number of esters is 1. The zero-order valence-electron chi connectivity index (χ0n) is 21.2. The van der Waals surface area contributed by atoms with Crippen LogP contribution in [0.4, 0.5) is 4.39 Å². The van der Waals surface area contributed by atoms with Crippen molar-refractivity contribution in [1.29, 1.82) is 0 Å². The fraction of sp³-hybridized carbons (Fsp3) is 0.276. The van der Waals surface area contributed by atoms with Crippen LogP contribution in [-0.4, -0.2) is 30.9 Å². The van der Waals surface area contributed by atoms with Gasteiger partial charge in [-0.25, -0.2) is 15.0 Å². The number of carbonyl (C=O) groups excluding carboxylic acids is 1. The van der Waals surface area contributed by atoms with Gasteiger partial charge in [-0.15, -0.1) is 0 Å². The van der Waals surface area contributed by atoms with Gasteiger partial charge in [-0.3, -0.25) is 5.01 Å². The summed E-state index contributed by atoms with van der Waals surface area (Å²) in [6, 6.07) is 22.9. The molecule has 0 heterocycles. The fourth-order valence-electron chi connectivity index (χ4n) is 4.44. The summed E-state index contributed by atoms with van der Waals surface area (Å²) >= 11 is 0. The molecule has 1 fully saturated rings. The van der Waals surface area contributed by atoms with Gasteiger partial charge in [0.05, 0.1) is 20.8 Å². The van der Waals surface area contributed by atoms with Crippen LogP contribution in [0.2, 0.25) is 0 Å². The summed E-state index contributed by atoms with van der Waals surface area (Å²) in [6.45, 7) is 1.88. The first kappa shape index (κ1) is 26.0. The highest BCUT2D eigenvalue weighted by atomic mass is 19.1. The standard InChI is InChI=1S/C29H32FN3O4/c1-29(30)16-23(17-29)22-8-6-20(7-9-22)21-10-14-25(15-11-21)37-27(26(31)28(34)36-3)33(32)18-19-4-12-24(35-2)13-5-19/h4-15,23H,16-18,31-32H2,1-3H3/b27-26+. The highest BCUT2D eigenvalue weighted by molar-refractivity contribution is 5.87. The maximum atomic E-state index is 13.9. The maximum absolute atomic E-state index is 13.9. The third-order valence-electron chi connectivity index (χ3n) is 6.54. The van der Waals surface area contributed by atoms with Crippen molar-refractivity contribution in [1.82, 2.24) is 5.01 Å². The van der Waals surface area contributed by atoms with E-state index in [1.807, 2.05) is 48.5 Å². The summed E-state index contributed by atoms with van der Waals surface area (Å²) in [6.07, 6.45) is 1.14. The van der Waals surface area contributed by atoms with E-state index in [-0.39, 0.29) is 24.0 Å². The van der Waals surface area contributed by atoms with E-state index in [1.165, 1.54) is 12.1 Å². The minimum absolute atomic E-state index is 0.0277. The van der Waals surface area contributed by atoms with Crippen molar-refractivity contribution in [3.63, 3.8) is 0 Å². The number of halogens is 1. The molecule has 0 spiro atoms. The number of carbonyl (C=O) groups is 1. The molecule has 3 aromatic carbocycles. The normalized spacial score (nSPS) is 19.3. The fourth-order valence-corrected chi connectivity index (χ4v) is 4.44. The molecule has 7 nitrogen and oxygen atoms in total. The summed E-state index contributed by atoms with van der Waals surface area (Å²) < 4.78 is 29.8. The molecule has 4 rings (SSSR count). The number of nitrogens with zero attached hydrogens (tertiary/aromatic N) is 1. The average Bonchev–Trinajstić information content (AvgIpc) is 2.90. The number of hydrogen-bond donors (Lipinski definition) is 2. The predicted molar refractivity (Wildman–Crippen MR) is 140 cm³/mol. The van der Waals surface area contributed by atoms with E-state index in [1.54, 1.807) is 26.2 Å². The SMILES string of the molecule is COC(=O)/C(N)=C(\Oc1ccc(-c2ccc(C3CC(C)(F)C3)cc2)cc1)N(N)Cc1ccc(OC)cc1. The smallest absolute Gasteiger partial charge is 0.359 e. The van der Waals surface area contributed by atoms with Crippen molar-refractivity contribution >= 4 is 5.97 Å². The zero-order chi connectivity index (χ0) is 26.6. The summed E-state index contributed by atoms with van der Waals surface area (Å²) in [4.78, 5) is 12.2. The number of benzene rings is 3. The summed E-state index contributed by atoms with van der Waals surface area (Å²) in [5, 5.41) is 1.25. The Morgan fingerprint density at radius 1 is 0.946 bits per heavy atom. The average molecular weight is 506 g/mol. The molecule has 0 aromatic heterocycles. The number of alkyl halides is 1. The molecule has 0 saturated heterocycles. The van der Waals surface area contributed by atoms with Crippen LogP contribution in [0.3, 0.4) is 0 Å². The third-order valence-corrected chi connectivity index (χ3v) is 6.54. The molecule has 1 aliphatic rings. The third kappa shape index (κ3) is 6.21. The second-order valence-electron chi connectivity index (χ2n) is 9.45. The van der Waals surface area contributed by atoms with Crippen LogP contribution in [0.15, 0.2) is 84.4 Å². The van der Waals surface area contributed by atoms with Gasteiger partial charge in [-0.2, -0.15) is 0 Å². The first-order valence-corrected chi connectivity index (χ1v) is 12.0. The second kappa shape index (κ2) is 10.9. The van der Waals surface area contributed by atoms with Crippen LogP contribution in [0, 0.1) is 0 Å². The molecule has 0 amide bonds. The Bertz CT molecular complexity index is 1250. The Hall–Kier alpha value is -4.04. The molecule has 8 heteroatoms. The lowest BCUT2D eigenvalue weighted by molar-refractivity contribution is -0.136. The van der Waals surface area contributed by atoms with Crippen LogP contribution in [0.25, 0.3) is 11.1 Å². The van der Waals surface area contributed by atoms with Crippen molar-refractivity contribution in [3.8, 4) is 22.6 Å². The van der Waals surface area contributed by atoms with E-state index >= 15 is 0 Å². The topological polar surface area (TPSA) is 100 Å². The highest BCUT2D eigenvalue weighted by Gasteiger charge is 2.40. The Labute approximate surface area is 216 Å². The number of nitrogens with two attached hydrogens (primary N) is 2. The maximum Gasteiger partial charge on any atom is 0.359 e. The van der Waals surface area contributed by atoms with Crippen LogP contribution < -0.4 is 21.1 Å². The van der Waals surface area contributed by atoms with Gasteiger partial charge in [0, 0.05) is 0 Å². The van der Waals surface area contributed by atoms with E-state index in [0.717, 1.165) is 22.3 Å². The number of hydrazine groups is 1. The number of rotatable bonds is 9. The molecule has 1 aliphatic carbocycles. The van der Waals surface area contributed by atoms with Gasteiger partial charge in [0.15, 0.2) is 5.70 Å². The van der Waals surface area contributed by atoms with Crippen molar-refractivity contribution in [2.75, 3.05) is 14.2 Å². The predicted octanol–water partition coefficient (Wildman–Crippen LogP) is 5.02. The molecule has 37 heavy (non-hydrogen) atoms. The molecule has 0 bridgehead atoms. The Morgan fingerprint density at radius 3 is 2.00 bits per heavy atom. The highest BCUT2D eigenvalue weighted by Crippen LogP contribution is 2.47. The van der Waals surface area contributed by atoms with Crippen molar-refractivity contribution in [2.24, 2.45) is 11.6 Å². The Kier molecular flexibility index (Phi) is 7.69. The first-order chi connectivity index (χ1) is 17.7. The largest absolute Gasteiger partial charge is 0.497 e. The summed E-state index contributed by atoms with van der Waals surface area (Å²) in [5.41, 5.74) is 8.76. The van der Waals surface area contributed by atoms with Crippen LogP contribution in [0.5, 0.6) is 11.5 Å². The van der Waals surface area contributed by atoms with E-state index < -0.39 is 11.6 Å². The first-order valence-electron chi connectivity index (χ1n) is 12.0. The van der Waals surface area contributed by atoms with Gasteiger partial charge in [0.25, 0.3) is 0 Å². The van der Waals surface area contributed by atoms with Crippen molar-refractivity contribution in [2.45, 2.75) is 37.9 Å². The summed E-state index contributed by atoms with van der Waals surface area (Å²) in [7, 11) is 2.83. The van der Waals surface area contributed by atoms with E-state index in [2.05, 4.69) is 12.1 Å². The molecule has 3 aromatic rings. The van der Waals surface area contributed by atoms with E-state index in [4.69, 9.17) is 25.8 Å². The molecular weight excluding hydrogens is 473 g/mol. The molecule has 0 unspecified atom stereocenters. The molecular formula is C29H32FN3O4. The quantitative estimate of drug-likeness (QED) is 0.138.